The van der Waals surface area contributed by atoms with Gasteiger partial charge in [-0.3, -0.25) is 9.69 Å². The lowest BCUT2D eigenvalue weighted by Crippen LogP contribution is -2.58. The minimum atomic E-state index is -1.01. The van der Waals surface area contributed by atoms with Crippen LogP contribution in [0.1, 0.15) is 26.7 Å². The first-order chi connectivity index (χ1) is 10.8. The first-order valence-electron chi connectivity index (χ1n) is 7.66. The molecule has 1 aromatic heterocycles. The number of piperidine rings is 1. The van der Waals surface area contributed by atoms with Crippen LogP contribution in [-0.2, 0) is 4.79 Å². The second-order valence-corrected chi connectivity index (χ2v) is 6.57. The summed E-state index contributed by atoms with van der Waals surface area (Å²) in [6, 6.07) is 2.81. The summed E-state index contributed by atoms with van der Waals surface area (Å²) in [7, 11) is 2.04. The van der Waals surface area contributed by atoms with Gasteiger partial charge in [0.25, 0.3) is 11.7 Å². The molecule has 0 unspecified atom stereocenters. The number of ether oxygens (including phenoxy) is 1. The number of carbonyl (C=O) groups is 1. The lowest BCUT2D eigenvalue weighted by molar-refractivity contribution is -0.389. The van der Waals surface area contributed by atoms with Crippen molar-refractivity contribution in [3.8, 4) is 5.75 Å². The predicted octanol–water partition coefficient (Wildman–Crippen LogP) is 1.59. The normalized spacial score (nSPS) is 21.7. The number of rotatable bonds is 2. The van der Waals surface area contributed by atoms with Crippen LogP contribution in [0.4, 0.5) is 11.6 Å². The maximum atomic E-state index is 12.8. The van der Waals surface area contributed by atoms with Gasteiger partial charge in [-0.05, 0) is 62.8 Å². The Bertz CT molecular complexity index is 653. The molecule has 0 radical (unpaired) electrons. The van der Waals surface area contributed by atoms with E-state index in [2.05, 4.69) is 9.88 Å². The Balaban J connectivity index is 2.04. The van der Waals surface area contributed by atoms with Gasteiger partial charge in [-0.2, -0.15) is 0 Å². The molecule has 0 aromatic carbocycles. The molecular formula is C15H20N4O4. The number of likely N-dealkylation sites (tertiary alicyclic amines) is 1. The first-order valence-corrected chi connectivity index (χ1v) is 7.66. The molecule has 1 amide bonds. The number of hydrogen-bond acceptors (Lipinski definition) is 6. The van der Waals surface area contributed by atoms with E-state index in [1.54, 1.807) is 18.7 Å². The number of nitro groups is 1. The molecule has 8 nitrogen and oxygen atoms in total. The maximum Gasteiger partial charge on any atom is 0.366 e. The predicted molar refractivity (Wildman–Crippen MR) is 83.6 cm³/mol. The van der Waals surface area contributed by atoms with Crippen LogP contribution in [0.3, 0.4) is 0 Å². The standard InChI is InChI=1S/C15H20N4O4/c1-15(2)14(20)18(10-6-8-17(3)9-7-10)13-11(23-15)4-5-12(16-13)19(21)22/h4-5,10H,6-9H2,1-3H3. The quantitative estimate of drug-likeness (QED) is 0.607. The number of aromatic nitrogens is 1. The van der Waals surface area contributed by atoms with Gasteiger partial charge < -0.3 is 19.8 Å². The Morgan fingerprint density at radius 3 is 2.61 bits per heavy atom. The SMILES string of the molecule is CN1CCC(N2C(=O)C(C)(C)Oc3ccc([N+](=O)[O-])nc32)CC1. The summed E-state index contributed by atoms with van der Waals surface area (Å²) in [5.74, 6) is 0.197. The van der Waals surface area contributed by atoms with Crippen molar-refractivity contribution in [2.24, 2.45) is 0 Å². The Kier molecular flexibility index (Phi) is 3.71. The van der Waals surface area contributed by atoms with Crippen molar-refractivity contribution in [3.63, 3.8) is 0 Å². The van der Waals surface area contributed by atoms with E-state index in [0.717, 1.165) is 25.9 Å². The number of fused-ring (bicyclic) bond motifs is 1. The third kappa shape index (κ3) is 2.74. The monoisotopic (exact) mass is 320 g/mol. The molecule has 8 heteroatoms. The summed E-state index contributed by atoms with van der Waals surface area (Å²) < 4.78 is 5.72. The summed E-state index contributed by atoms with van der Waals surface area (Å²) in [6.45, 7) is 5.17. The van der Waals surface area contributed by atoms with Crippen LogP contribution in [0.25, 0.3) is 0 Å². The van der Waals surface area contributed by atoms with Crippen LogP contribution in [-0.4, -0.2) is 52.5 Å². The average Bonchev–Trinajstić information content (AvgIpc) is 2.49. The van der Waals surface area contributed by atoms with E-state index < -0.39 is 10.5 Å². The molecule has 0 spiro atoms. The van der Waals surface area contributed by atoms with Crippen molar-refractivity contribution < 1.29 is 14.5 Å². The summed E-state index contributed by atoms with van der Waals surface area (Å²) in [5, 5.41) is 11.0. The van der Waals surface area contributed by atoms with Crippen LogP contribution in [0.5, 0.6) is 5.75 Å². The number of amides is 1. The first kappa shape index (κ1) is 15.7. The fraction of sp³-hybridized carbons (Fsp3) is 0.600. The van der Waals surface area contributed by atoms with Gasteiger partial charge in [0.15, 0.2) is 11.4 Å². The highest BCUT2D eigenvalue weighted by molar-refractivity contribution is 6.02. The van der Waals surface area contributed by atoms with Crippen molar-refractivity contribution in [3.05, 3.63) is 22.2 Å². The van der Waals surface area contributed by atoms with Crippen molar-refractivity contribution in [2.45, 2.75) is 38.3 Å². The van der Waals surface area contributed by atoms with Crippen molar-refractivity contribution >= 4 is 17.5 Å². The van der Waals surface area contributed by atoms with Crippen LogP contribution in [0.15, 0.2) is 12.1 Å². The summed E-state index contributed by atoms with van der Waals surface area (Å²) in [5.41, 5.74) is -1.01. The van der Waals surface area contributed by atoms with E-state index in [0.29, 0.717) is 5.75 Å². The van der Waals surface area contributed by atoms with Gasteiger partial charge in [-0.25, -0.2) is 0 Å². The van der Waals surface area contributed by atoms with Gasteiger partial charge in [0.2, 0.25) is 0 Å². The Morgan fingerprint density at radius 1 is 1.35 bits per heavy atom. The largest absolute Gasteiger partial charge is 0.472 e. The number of anilines is 1. The molecule has 2 aliphatic heterocycles. The summed E-state index contributed by atoms with van der Waals surface area (Å²) >= 11 is 0. The van der Waals surface area contributed by atoms with Crippen LogP contribution in [0, 0.1) is 10.1 Å². The van der Waals surface area contributed by atoms with Gasteiger partial charge in [0.05, 0.1) is 0 Å². The summed E-state index contributed by atoms with van der Waals surface area (Å²) in [4.78, 5) is 31.2. The average molecular weight is 320 g/mol. The third-order valence-electron chi connectivity index (χ3n) is 4.39. The van der Waals surface area contributed by atoms with Crippen LogP contribution < -0.4 is 9.64 Å². The molecule has 0 aliphatic carbocycles. The second kappa shape index (κ2) is 5.45. The lowest BCUT2D eigenvalue weighted by atomic mass is 9.98. The molecule has 0 N–H and O–H groups in total. The molecule has 2 aliphatic rings. The fourth-order valence-corrected chi connectivity index (χ4v) is 3.08. The van der Waals surface area contributed by atoms with Crippen molar-refractivity contribution in [2.75, 3.05) is 25.0 Å². The third-order valence-corrected chi connectivity index (χ3v) is 4.39. The number of nitrogens with zero attached hydrogens (tertiary/aromatic N) is 4. The van der Waals surface area contributed by atoms with Gasteiger partial charge in [0, 0.05) is 12.1 Å². The number of hydrogen-bond donors (Lipinski definition) is 0. The number of pyridine rings is 1. The van der Waals surface area contributed by atoms with E-state index in [9.17, 15) is 14.9 Å². The van der Waals surface area contributed by atoms with Crippen molar-refractivity contribution in [1.82, 2.24) is 9.88 Å². The zero-order chi connectivity index (χ0) is 16.8. The zero-order valence-electron chi connectivity index (χ0n) is 13.5. The highest BCUT2D eigenvalue weighted by Crippen LogP contribution is 2.40. The summed E-state index contributed by atoms with van der Waals surface area (Å²) in [6.07, 6.45) is 1.62. The molecule has 1 saturated heterocycles. The molecule has 0 bridgehead atoms. The van der Waals surface area contributed by atoms with Gasteiger partial charge in [-0.1, -0.05) is 0 Å². The van der Waals surface area contributed by atoms with Crippen molar-refractivity contribution in [1.29, 1.82) is 0 Å². The van der Waals surface area contributed by atoms with E-state index in [4.69, 9.17) is 4.74 Å². The highest BCUT2D eigenvalue weighted by atomic mass is 16.6. The van der Waals surface area contributed by atoms with E-state index in [1.165, 1.54) is 12.1 Å². The Labute approximate surface area is 134 Å². The fourth-order valence-electron chi connectivity index (χ4n) is 3.08. The van der Waals surface area contributed by atoms with E-state index in [1.807, 2.05) is 7.05 Å². The van der Waals surface area contributed by atoms with Crippen LogP contribution in [0.2, 0.25) is 0 Å². The van der Waals surface area contributed by atoms with Gasteiger partial charge >= 0.3 is 5.82 Å². The molecule has 0 saturated carbocycles. The molecule has 3 rings (SSSR count). The molecule has 1 fully saturated rings. The minimum absolute atomic E-state index is 0.0184. The Morgan fingerprint density at radius 2 is 2.00 bits per heavy atom. The Hall–Kier alpha value is -2.22. The molecule has 23 heavy (non-hydrogen) atoms. The number of carbonyl (C=O) groups excluding carboxylic acids is 1. The zero-order valence-corrected chi connectivity index (χ0v) is 13.5. The smallest absolute Gasteiger partial charge is 0.366 e. The molecule has 0 atom stereocenters. The molecule has 1 aromatic rings. The molecule has 124 valence electrons. The molecular weight excluding hydrogens is 300 g/mol. The topological polar surface area (TPSA) is 88.8 Å². The minimum Gasteiger partial charge on any atom is -0.472 e. The maximum absolute atomic E-state index is 12.8. The lowest BCUT2D eigenvalue weighted by Gasteiger charge is -2.42. The van der Waals surface area contributed by atoms with E-state index in [-0.39, 0.29) is 23.6 Å². The second-order valence-electron chi connectivity index (χ2n) is 6.57. The van der Waals surface area contributed by atoms with Gasteiger partial charge in [0.1, 0.15) is 0 Å². The van der Waals surface area contributed by atoms with Crippen LogP contribution >= 0.6 is 0 Å². The molecule has 3 heterocycles. The van der Waals surface area contributed by atoms with E-state index >= 15 is 0 Å². The van der Waals surface area contributed by atoms with Gasteiger partial charge in [-0.15, -0.1) is 0 Å². The highest BCUT2D eigenvalue weighted by Gasteiger charge is 2.47.